The maximum absolute atomic E-state index is 5.31. The molecule has 1 aromatic heterocycles. The molecule has 1 unspecified atom stereocenters. The second-order valence-corrected chi connectivity index (χ2v) is 16.6. The first-order chi connectivity index (χ1) is 30.6. The largest absolute Gasteiger partial charge is 0.228 e. The number of benzene rings is 10. The SMILES string of the molecule is CC1(c2ccccc2)c2ccccc2-c2c(-c3cc(-c4ccc(-c5ccc(-c6c7ccccc7cc7c6ccc6ccccc67)cc5)cc4)nc(-c4ccccc4)n3)cccc21. The minimum absolute atomic E-state index is 0.299. The third-order valence-electron chi connectivity index (χ3n) is 13.2. The fourth-order valence-electron chi connectivity index (χ4n) is 10.1. The Hall–Kier alpha value is -7.94. The van der Waals surface area contributed by atoms with Gasteiger partial charge in [-0.1, -0.05) is 212 Å². The van der Waals surface area contributed by atoms with Gasteiger partial charge < -0.3 is 0 Å². The molecule has 0 saturated carbocycles. The van der Waals surface area contributed by atoms with E-state index in [1.807, 2.05) is 6.07 Å². The first-order valence-electron chi connectivity index (χ1n) is 21.4. The van der Waals surface area contributed by atoms with E-state index in [1.54, 1.807) is 0 Å². The Morgan fingerprint density at radius 2 is 0.903 bits per heavy atom. The number of fused-ring (bicyclic) bond motifs is 7. The maximum Gasteiger partial charge on any atom is 0.160 e. The highest BCUT2D eigenvalue weighted by atomic mass is 14.9. The molecule has 1 atom stereocenters. The van der Waals surface area contributed by atoms with Crippen molar-refractivity contribution in [3.8, 4) is 67.3 Å². The van der Waals surface area contributed by atoms with Gasteiger partial charge in [-0.2, -0.15) is 0 Å². The number of nitrogens with zero attached hydrogens (tertiary/aromatic N) is 2. The zero-order valence-electron chi connectivity index (χ0n) is 34.3. The number of hydrogen-bond acceptors (Lipinski definition) is 2. The van der Waals surface area contributed by atoms with E-state index in [-0.39, 0.29) is 5.41 Å². The summed E-state index contributed by atoms with van der Waals surface area (Å²) in [5.74, 6) is 0.710. The predicted octanol–water partition coefficient (Wildman–Crippen LogP) is 15.6. The summed E-state index contributed by atoms with van der Waals surface area (Å²) >= 11 is 0. The first kappa shape index (κ1) is 36.0. The molecule has 1 heterocycles. The van der Waals surface area contributed by atoms with E-state index in [4.69, 9.17) is 9.97 Å². The normalized spacial score (nSPS) is 14.3. The van der Waals surface area contributed by atoms with Gasteiger partial charge in [-0.05, 0) is 101 Å². The van der Waals surface area contributed by atoms with Crippen molar-refractivity contribution >= 4 is 32.3 Å². The molecule has 0 radical (unpaired) electrons. The van der Waals surface area contributed by atoms with Gasteiger partial charge in [-0.15, -0.1) is 0 Å². The quantitative estimate of drug-likeness (QED) is 0.124. The second-order valence-electron chi connectivity index (χ2n) is 16.6. The molecule has 0 fully saturated rings. The molecule has 11 aromatic rings. The Kier molecular flexibility index (Phi) is 8.33. The van der Waals surface area contributed by atoms with Crippen LogP contribution in [0.5, 0.6) is 0 Å². The molecule has 0 aliphatic heterocycles. The van der Waals surface area contributed by atoms with Crippen LogP contribution in [0.4, 0.5) is 0 Å². The number of aromatic nitrogens is 2. The third kappa shape index (κ3) is 5.72. The molecule has 0 N–H and O–H groups in total. The van der Waals surface area contributed by atoms with Gasteiger partial charge in [0.05, 0.1) is 11.4 Å². The van der Waals surface area contributed by atoms with E-state index in [1.165, 1.54) is 76.8 Å². The highest BCUT2D eigenvalue weighted by molar-refractivity contribution is 6.20. The van der Waals surface area contributed by atoms with Crippen LogP contribution in [0.3, 0.4) is 0 Å². The van der Waals surface area contributed by atoms with E-state index < -0.39 is 0 Å². The van der Waals surface area contributed by atoms with Gasteiger partial charge in [0.15, 0.2) is 5.82 Å². The van der Waals surface area contributed by atoms with Crippen LogP contribution in [-0.4, -0.2) is 9.97 Å². The Balaban J connectivity index is 0.942. The van der Waals surface area contributed by atoms with Gasteiger partial charge in [0.1, 0.15) is 0 Å². The molecular weight excluding hydrogens is 749 g/mol. The van der Waals surface area contributed by atoms with Crippen molar-refractivity contribution < 1.29 is 0 Å². The molecule has 1 aliphatic rings. The maximum atomic E-state index is 5.31. The van der Waals surface area contributed by atoms with Gasteiger partial charge in [-0.3, -0.25) is 0 Å². The Labute approximate surface area is 361 Å². The number of hydrogen-bond donors (Lipinski definition) is 0. The van der Waals surface area contributed by atoms with Crippen molar-refractivity contribution in [2.45, 2.75) is 12.3 Å². The molecule has 62 heavy (non-hydrogen) atoms. The Morgan fingerprint density at radius 1 is 0.323 bits per heavy atom. The number of rotatable bonds is 6. The summed E-state index contributed by atoms with van der Waals surface area (Å²) in [5, 5.41) is 7.61. The van der Waals surface area contributed by atoms with Crippen LogP contribution in [0, 0.1) is 0 Å². The van der Waals surface area contributed by atoms with Crippen LogP contribution in [0.15, 0.2) is 224 Å². The van der Waals surface area contributed by atoms with Crippen LogP contribution in [0.1, 0.15) is 23.6 Å². The van der Waals surface area contributed by atoms with Crippen LogP contribution in [0.25, 0.3) is 99.6 Å². The lowest BCUT2D eigenvalue weighted by atomic mass is 9.74. The van der Waals surface area contributed by atoms with E-state index in [9.17, 15) is 0 Å². The fourth-order valence-corrected chi connectivity index (χ4v) is 10.1. The van der Waals surface area contributed by atoms with Crippen LogP contribution < -0.4 is 0 Å². The van der Waals surface area contributed by atoms with Crippen LogP contribution in [0.2, 0.25) is 0 Å². The summed E-state index contributed by atoms with van der Waals surface area (Å²) in [4.78, 5) is 10.5. The molecule has 290 valence electrons. The monoisotopic (exact) mass is 788 g/mol. The Bertz CT molecular complexity index is 3500. The Morgan fingerprint density at radius 3 is 1.68 bits per heavy atom. The summed E-state index contributed by atoms with van der Waals surface area (Å²) in [6, 6.07) is 81.2. The van der Waals surface area contributed by atoms with Gasteiger partial charge in [0, 0.05) is 22.1 Å². The van der Waals surface area contributed by atoms with Crippen molar-refractivity contribution in [3.63, 3.8) is 0 Å². The molecule has 1 aliphatic carbocycles. The van der Waals surface area contributed by atoms with E-state index >= 15 is 0 Å². The molecule has 12 rings (SSSR count). The highest BCUT2D eigenvalue weighted by Gasteiger charge is 2.41. The molecule has 2 heteroatoms. The molecule has 10 aromatic carbocycles. The molecule has 2 nitrogen and oxygen atoms in total. The van der Waals surface area contributed by atoms with Crippen LogP contribution in [-0.2, 0) is 5.41 Å². The molecule has 0 amide bonds. The molecule has 0 spiro atoms. The lowest BCUT2D eigenvalue weighted by Crippen LogP contribution is -2.22. The molecule has 0 bridgehead atoms. The van der Waals surface area contributed by atoms with Crippen molar-refractivity contribution in [2.24, 2.45) is 0 Å². The summed E-state index contributed by atoms with van der Waals surface area (Å²) in [7, 11) is 0. The van der Waals surface area contributed by atoms with E-state index in [2.05, 4.69) is 225 Å². The molecule has 0 saturated heterocycles. The average Bonchev–Trinajstić information content (AvgIpc) is 3.62. The van der Waals surface area contributed by atoms with Gasteiger partial charge >= 0.3 is 0 Å². The van der Waals surface area contributed by atoms with Crippen LogP contribution >= 0.6 is 0 Å². The predicted molar refractivity (Wildman–Crippen MR) is 259 cm³/mol. The molecular formula is C60H40N2. The minimum atomic E-state index is -0.299. The van der Waals surface area contributed by atoms with Gasteiger partial charge in [0.25, 0.3) is 0 Å². The average molecular weight is 789 g/mol. The smallest absolute Gasteiger partial charge is 0.160 e. The standard InChI is InChI=1S/C60H40N2/c1-60(46-19-6-3-7-20-46)53-25-13-12-23-50(53)58-51(24-14-26-54(58)60)56-38-55(61-59(62-56)44-16-4-2-5-17-44)42-31-27-39(28-32-42)40-29-33-43(34-30-40)57-48-22-11-9-18-45(48)37-52-47-21-10-8-15-41(47)35-36-49(52)57/h2-38H,1H3. The van der Waals surface area contributed by atoms with Crippen molar-refractivity contribution in [3.05, 3.63) is 241 Å². The van der Waals surface area contributed by atoms with Gasteiger partial charge in [0.2, 0.25) is 0 Å². The zero-order valence-corrected chi connectivity index (χ0v) is 34.3. The first-order valence-corrected chi connectivity index (χ1v) is 21.4. The fraction of sp³-hybridized carbons (Fsp3) is 0.0333. The minimum Gasteiger partial charge on any atom is -0.228 e. The summed E-state index contributed by atoms with van der Waals surface area (Å²) in [6.45, 7) is 2.36. The third-order valence-corrected chi connectivity index (χ3v) is 13.2. The lowest BCUT2D eigenvalue weighted by molar-refractivity contribution is 0.714. The highest BCUT2D eigenvalue weighted by Crippen LogP contribution is 2.55. The van der Waals surface area contributed by atoms with E-state index in [0.29, 0.717) is 5.82 Å². The van der Waals surface area contributed by atoms with Crippen molar-refractivity contribution in [1.29, 1.82) is 0 Å². The van der Waals surface area contributed by atoms with Crippen molar-refractivity contribution in [1.82, 2.24) is 9.97 Å². The topological polar surface area (TPSA) is 25.8 Å². The second kappa shape index (κ2) is 14.4. The summed E-state index contributed by atoms with van der Waals surface area (Å²) < 4.78 is 0. The van der Waals surface area contributed by atoms with E-state index in [0.717, 1.165) is 33.6 Å². The van der Waals surface area contributed by atoms with Gasteiger partial charge in [-0.25, -0.2) is 9.97 Å². The lowest BCUT2D eigenvalue weighted by Gasteiger charge is -2.28. The summed E-state index contributed by atoms with van der Waals surface area (Å²) in [6.07, 6.45) is 0. The summed E-state index contributed by atoms with van der Waals surface area (Å²) in [5.41, 5.74) is 15.8. The zero-order chi connectivity index (χ0) is 41.2. The van der Waals surface area contributed by atoms with Crippen molar-refractivity contribution in [2.75, 3.05) is 0 Å².